The molecule has 1 heterocycles. The number of hydrogen-bond acceptors (Lipinski definition) is 1. The minimum absolute atomic E-state index is 0.144. The quantitative estimate of drug-likeness (QED) is 0.644. The molecule has 1 aliphatic carbocycles. The Hall–Kier alpha value is -0.600. The van der Waals surface area contributed by atoms with Gasteiger partial charge in [-0.15, -0.1) is 0 Å². The zero-order valence-corrected chi connectivity index (χ0v) is 9.33. The smallest absolute Gasteiger partial charge is 0.113 e. The molecule has 1 aromatic rings. The first-order valence-corrected chi connectivity index (χ1v) is 5.76. The van der Waals surface area contributed by atoms with Crippen LogP contribution in [-0.4, -0.2) is 11.6 Å². The zero-order chi connectivity index (χ0) is 9.60. The lowest BCUT2D eigenvalue weighted by atomic mass is 9.82. The highest BCUT2D eigenvalue weighted by Crippen LogP contribution is 2.45. The van der Waals surface area contributed by atoms with E-state index in [1.54, 1.807) is 0 Å². The average molecular weight is 251 g/mol. The van der Waals surface area contributed by atoms with Crippen LogP contribution in [0.5, 0.6) is 0 Å². The highest BCUT2D eigenvalue weighted by Gasteiger charge is 2.41. The fraction of sp³-hybridized carbons (Fsp3) is 0.333. The Balaban J connectivity index is 2.09. The van der Waals surface area contributed by atoms with Gasteiger partial charge in [0.15, 0.2) is 0 Å². The number of hydrogen-bond donors (Lipinski definition) is 0. The third-order valence-corrected chi connectivity index (χ3v) is 3.71. The number of fused-ring (bicyclic) bond motifs is 2. The van der Waals surface area contributed by atoms with Gasteiger partial charge in [-0.25, -0.2) is 0 Å². The van der Waals surface area contributed by atoms with Crippen molar-refractivity contribution < 1.29 is 4.74 Å². The summed E-state index contributed by atoms with van der Waals surface area (Å²) in [6, 6.07) is 8.57. The van der Waals surface area contributed by atoms with Crippen molar-refractivity contribution in [2.24, 2.45) is 0 Å². The Bertz CT molecular complexity index is 399. The second-order valence-electron chi connectivity index (χ2n) is 4.00. The fourth-order valence-electron chi connectivity index (χ4n) is 2.38. The molecule has 2 unspecified atom stereocenters. The van der Waals surface area contributed by atoms with E-state index >= 15 is 0 Å². The highest BCUT2D eigenvalue weighted by molar-refractivity contribution is 9.09. The molecule has 1 aliphatic heterocycles. The summed E-state index contributed by atoms with van der Waals surface area (Å²) in [6.45, 7) is 0.802. The molecule has 1 aromatic carbocycles. The summed E-state index contributed by atoms with van der Waals surface area (Å²) in [5.74, 6) is 0. The van der Waals surface area contributed by atoms with Crippen LogP contribution in [-0.2, 0) is 10.2 Å². The topological polar surface area (TPSA) is 9.23 Å². The van der Waals surface area contributed by atoms with Gasteiger partial charge in [0, 0.05) is 5.41 Å². The van der Waals surface area contributed by atoms with Crippen molar-refractivity contribution in [2.75, 3.05) is 6.61 Å². The van der Waals surface area contributed by atoms with E-state index in [9.17, 15) is 0 Å². The summed E-state index contributed by atoms with van der Waals surface area (Å²) < 4.78 is 5.61. The van der Waals surface area contributed by atoms with Crippen LogP contribution in [0.4, 0.5) is 0 Å². The van der Waals surface area contributed by atoms with Crippen LogP contribution in [0.3, 0.4) is 0 Å². The van der Waals surface area contributed by atoms with Gasteiger partial charge in [-0.05, 0) is 17.5 Å². The monoisotopic (exact) mass is 250 g/mol. The second-order valence-corrected chi connectivity index (χ2v) is 5.02. The molecule has 2 atom stereocenters. The van der Waals surface area contributed by atoms with Crippen LogP contribution < -0.4 is 0 Å². The van der Waals surface area contributed by atoms with E-state index < -0.39 is 0 Å². The van der Waals surface area contributed by atoms with Gasteiger partial charge in [0.2, 0.25) is 0 Å². The second kappa shape index (κ2) is 2.94. The van der Waals surface area contributed by atoms with Gasteiger partial charge in [-0.3, -0.25) is 0 Å². The van der Waals surface area contributed by atoms with E-state index in [0.717, 1.165) is 13.0 Å². The third kappa shape index (κ3) is 1.11. The molecule has 0 saturated carbocycles. The van der Waals surface area contributed by atoms with Gasteiger partial charge in [-0.2, -0.15) is 0 Å². The van der Waals surface area contributed by atoms with E-state index in [2.05, 4.69) is 52.3 Å². The molecular weight excluding hydrogens is 240 g/mol. The number of benzene rings is 1. The maximum absolute atomic E-state index is 5.61. The first kappa shape index (κ1) is 8.69. The number of alkyl halides is 1. The first-order valence-electron chi connectivity index (χ1n) is 4.85. The van der Waals surface area contributed by atoms with E-state index in [1.165, 1.54) is 11.1 Å². The Labute approximate surface area is 91.9 Å². The molecular formula is C12H11BrO. The van der Waals surface area contributed by atoms with Gasteiger partial charge in [0.05, 0.1) is 6.61 Å². The largest absolute Gasteiger partial charge is 0.366 e. The summed E-state index contributed by atoms with van der Waals surface area (Å²) in [7, 11) is 0. The minimum atomic E-state index is 0.144. The molecule has 2 aliphatic rings. The van der Waals surface area contributed by atoms with E-state index in [1.807, 2.05) is 0 Å². The van der Waals surface area contributed by atoms with Crippen LogP contribution >= 0.6 is 15.9 Å². The SMILES string of the molecule is BrC1CC2(C=Cc3ccccc32)CO1. The summed E-state index contributed by atoms with van der Waals surface area (Å²) in [6.07, 6.45) is 5.54. The molecule has 0 bridgehead atoms. The standard InChI is InChI=1S/C12H11BrO/c13-11-7-12(8-14-11)6-5-9-3-1-2-4-10(9)12/h1-6,11H,7-8H2. The normalized spacial score (nSPS) is 33.9. The third-order valence-electron chi connectivity index (χ3n) is 3.13. The summed E-state index contributed by atoms with van der Waals surface area (Å²) in [5.41, 5.74) is 2.91. The molecule has 72 valence electrons. The van der Waals surface area contributed by atoms with Crippen molar-refractivity contribution in [3.8, 4) is 0 Å². The summed E-state index contributed by atoms with van der Waals surface area (Å²) >= 11 is 3.52. The van der Waals surface area contributed by atoms with Crippen LogP contribution in [0.1, 0.15) is 17.5 Å². The van der Waals surface area contributed by atoms with Gasteiger partial charge in [-0.1, -0.05) is 52.3 Å². The van der Waals surface area contributed by atoms with E-state index in [0.29, 0.717) is 0 Å². The molecule has 2 heteroatoms. The average Bonchev–Trinajstić information content (AvgIpc) is 2.75. The molecule has 0 amide bonds. The Kier molecular flexibility index (Phi) is 1.83. The maximum atomic E-state index is 5.61. The Morgan fingerprint density at radius 3 is 3.00 bits per heavy atom. The summed E-state index contributed by atoms with van der Waals surface area (Å²) in [4.78, 5) is 0. The van der Waals surface area contributed by atoms with E-state index in [4.69, 9.17) is 4.74 Å². The van der Waals surface area contributed by atoms with Gasteiger partial charge in [0.1, 0.15) is 5.01 Å². The van der Waals surface area contributed by atoms with Crippen LogP contribution in [0.25, 0.3) is 6.08 Å². The van der Waals surface area contributed by atoms with Crippen molar-refractivity contribution in [3.63, 3.8) is 0 Å². The van der Waals surface area contributed by atoms with Crippen molar-refractivity contribution in [1.82, 2.24) is 0 Å². The number of halogens is 1. The predicted molar refractivity (Wildman–Crippen MR) is 60.4 cm³/mol. The van der Waals surface area contributed by atoms with Crippen molar-refractivity contribution >= 4 is 22.0 Å². The summed E-state index contributed by atoms with van der Waals surface area (Å²) in [5, 5.41) is 0.207. The number of ether oxygens (including phenoxy) is 1. The fourth-order valence-corrected chi connectivity index (χ4v) is 3.09. The maximum Gasteiger partial charge on any atom is 0.113 e. The van der Waals surface area contributed by atoms with Crippen molar-refractivity contribution in [1.29, 1.82) is 0 Å². The molecule has 0 radical (unpaired) electrons. The molecule has 1 nitrogen and oxygen atoms in total. The highest BCUT2D eigenvalue weighted by atomic mass is 79.9. The predicted octanol–water partition coefficient (Wildman–Crippen LogP) is 3.09. The van der Waals surface area contributed by atoms with Crippen molar-refractivity contribution in [3.05, 3.63) is 41.5 Å². The Morgan fingerprint density at radius 1 is 1.36 bits per heavy atom. The molecule has 1 spiro atoms. The minimum Gasteiger partial charge on any atom is -0.366 e. The van der Waals surface area contributed by atoms with Crippen molar-refractivity contribution in [2.45, 2.75) is 16.8 Å². The molecule has 1 fully saturated rings. The van der Waals surface area contributed by atoms with Gasteiger partial charge < -0.3 is 4.74 Å². The zero-order valence-electron chi connectivity index (χ0n) is 7.74. The first-order chi connectivity index (χ1) is 6.80. The Morgan fingerprint density at radius 2 is 2.21 bits per heavy atom. The van der Waals surface area contributed by atoms with E-state index in [-0.39, 0.29) is 10.4 Å². The molecule has 0 aromatic heterocycles. The molecule has 3 rings (SSSR count). The lowest BCUT2D eigenvalue weighted by Gasteiger charge is -2.20. The van der Waals surface area contributed by atoms with Gasteiger partial charge in [0.25, 0.3) is 0 Å². The lowest BCUT2D eigenvalue weighted by molar-refractivity contribution is 0.168. The van der Waals surface area contributed by atoms with Gasteiger partial charge >= 0.3 is 0 Å². The van der Waals surface area contributed by atoms with Crippen LogP contribution in [0, 0.1) is 0 Å². The van der Waals surface area contributed by atoms with Crippen LogP contribution in [0.15, 0.2) is 30.3 Å². The molecule has 0 N–H and O–H groups in total. The lowest BCUT2D eigenvalue weighted by Crippen LogP contribution is -2.21. The van der Waals surface area contributed by atoms with Crippen LogP contribution in [0.2, 0.25) is 0 Å². The number of rotatable bonds is 0. The molecule has 14 heavy (non-hydrogen) atoms. The molecule has 1 saturated heterocycles.